The molecule has 2 N–H and O–H groups in total. The molecule has 0 fully saturated rings. The average molecular weight is 302 g/mol. The highest BCUT2D eigenvalue weighted by molar-refractivity contribution is 5.90. The van der Waals surface area contributed by atoms with E-state index in [1.807, 2.05) is 24.3 Å². The molecule has 2 rings (SSSR count). The van der Waals surface area contributed by atoms with Gasteiger partial charge in [-0.05, 0) is 23.6 Å². The first kappa shape index (κ1) is 15.7. The molecule has 0 aliphatic heterocycles. The number of aliphatic carboxylic acids is 1. The number of anilines is 1. The first-order valence-electron chi connectivity index (χ1n) is 6.94. The second-order valence-electron chi connectivity index (χ2n) is 5.28. The molecule has 1 heterocycles. The van der Waals surface area contributed by atoms with E-state index in [0.29, 0.717) is 17.3 Å². The van der Waals surface area contributed by atoms with E-state index in [1.165, 1.54) is 16.4 Å². The zero-order valence-corrected chi connectivity index (χ0v) is 12.5. The average Bonchev–Trinajstić information content (AvgIpc) is 2.85. The molecule has 0 aliphatic rings. The van der Waals surface area contributed by atoms with Gasteiger partial charge in [-0.3, -0.25) is 9.59 Å². The van der Waals surface area contributed by atoms with Gasteiger partial charge in [-0.1, -0.05) is 31.2 Å². The van der Waals surface area contributed by atoms with Gasteiger partial charge in [0.1, 0.15) is 6.54 Å². The number of aromatic nitrogens is 3. The van der Waals surface area contributed by atoms with E-state index >= 15 is 0 Å². The van der Waals surface area contributed by atoms with E-state index in [0.717, 1.165) is 0 Å². The lowest BCUT2D eigenvalue weighted by molar-refractivity contribution is -0.136. The number of rotatable bonds is 6. The van der Waals surface area contributed by atoms with Crippen LogP contribution in [0.3, 0.4) is 0 Å². The van der Waals surface area contributed by atoms with Crippen LogP contribution < -0.4 is 5.32 Å². The van der Waals surface area contributed by atoms with Crippen LogP contribution in [0.5, 0.6) is 0 Å². The summed E-state index contributed by atoms with van der Waals surface area (Å²) in [6.45, 7) is 4.12. The third-order valence-electron chi connectivity index (χ3n) is 3.18. The van der Waals surface area contributed by atoms with Crippen molar-refractivity contribution in [3.63, 3.8) is 0 Å². The number of hydrogen-bond donors (Lipinski definition) is 2. The Balaban J connectivity index is 1.98. The van der Waals surface area contributed by atoms with Crippen molar-refractivity contribution in [1.29, 1.82) is 0 Å². The lowest BCUT2D eigenvalue weighted by Gasteiger charge is -2.09. The zero-order chi connectivity index (χ0) is 16.1. The molecule has 0 saturated carbocycles. The number of nitrogens with one attached hydrogen (secondary N) is 1. The second kappa shape index (κ2) is 6.84. The number of carbonyl (C=O) groups excluding carboxylic acids is 1. The summed E-state index contributed by atoms with van der Waals surface area (Å²) in [7, 11) is 0. The van der Waals surface area contributed by atoms with Crippen molar-refractivity contribution in [3.05, 3.63) is 41.7 Å². The Hall–Kier alpha value is -2.70. The van der Waals surface area contributed by atoms with E-state index in [9.17, 15) is 9.59 Å². The fraction of sp³-hybridized carbons (Fsp3) is 0.333. The second-order valence-corrected chi connectivity index (χ2v) is 5.28. The number of hydrogen-bond acceptors (Lipinski definition) is 4. The Labute approximate surface area is 128 Å². The maximum absolute atomic E-state index is 12.0. The predicted molar refractivity (Wildman–Crippen MR) is 80.5 cm³/mol. The Bertz CT molecular complexity index is 662. The molecular weight excluding hydrogens is 284 g/mol. The van der Waals surface area contributed by atoms with Crippen LogP contribution in [0.1, 0.15) is 31.0 Å². The van der Waals surface area contributed by atoms with Gasteiger partial charge < -0.3 is 10.4 Å². The van der Waals surface area contributed by atoms with Crippen LogP contribution in [-0.4, -0.2) is 32.0 Å². The fourth-order valence-corrected chi connectivity index (χ4v) is 1.99. The van der Waals surface area contributed by atoms with Crippen molar-refractivity contribution in [1.82, 2.24) is 15.0 Å². The maximum atomic E-state index is 12.0. The van der Waals surface area contributed by atoms with Gasteiger partial charge in [0, 0.05) is 5.69 Å². The van der Waals surface area contributed by atoms with E-state index < -0.39 is 5.97 Å². The number of benzene rings is 1. The fourth-order valence-electron chi connectivity index (χ4n) is 1.99. The molecule has 116 valence electrons. The number of carbonyl (C=O) groups is 2. The van der Waals surface area contributed by atoms with Gasteiger partial charge in [0.25, 0.3) is 0 Å². The standard InChI is InChI=1S/C15H18N4O3/c1-10(2)11-3-5-12(6-4-11)17-14(20)9-19-13(7-15(21)22)8-16-18-19/h3-6,8,10H,7,9H2,1-2H3,(H,17,20)(H,21,22). The molecule has 0 radical (unpaired) electrons. The van der Waals surface area contributed by atoms with Crippen LogP contribution in [0.25, 0.3) is 0 Å². The molecule has 0 aliphatic carbocycles. The lowest BCUT2D eigenvalue weighted by Crippen LogP contribution is -2.21. The number of carboxylic acids is 1. The normalized spacial score (nSPS) is 10.7. The molecule has 1 aromatic heterocycles. The Kier molecular flexibility index (Phi) is 4.88. The van der Waals surface area contributed by atoms with Crippen molar-refractivity contribution in [3.8, 4) is 0 Å². The number of nitrogens with zero attached hydrogens (tertiary/aromatic N) is 3. The van der Waals surface area contributed by atoms with E-state index in [2.05, 4.69) is 29.5 Å². The monoisotopic (exact) mass is 302 g/mol. The summed E-state index contributed by atoms with van der Waals surface area (Å²) in [5, 5.41) is 18.9. The van der Waals surface area contributed by atoms with Crippen molar-refractivity contribution in [2.24, 2.45) is 0 Å². The molecule has 1 aromatic carbocycles. The quantitative estimate of drug-likeness (QED) is 0.846. The summed E-state index contributed by atoms with van der Waals surface area (Å²) < 4.78 is 1.28. The lowest BCUT2D eigenvalue weighted by atomic mass is 10.0. The summed E-state index contributed by atoms with van der Waals surface area (Å²) in [6.07, 6.45) is 1.13. The zero-order valence-electron chi connectivity index (χ0n) is 12.5. The highest BCUT2D eigenvalue weighted by Crippen LogP contribution is 2.17. The van der Waals surface area contributed by atoms with E-state index in [-0.39, 0.29) is 18.9 Å². The van der Waals surface area contributed by atoms with Gasteiger partial charge in [-0.15, -0.1) is 5.10 Å². The van der Waals surface area contributed by atoms with E-state index in [1.54, 1.807) is 0 Å². The molecule has 0 atom stereocenters. The smallest absolute Gasteiger partial charge is 0.309 e. The molecule has 1 amide bonds. The van der Waals surface area contributed by atoms with E-state index in [4.69, 9.17) is 5.11 Å². The largest absolute Gasteiger partial charge is 0.481 e. The molecule has 7 heteroatoms. The molecule has 0 spiro atoms. The minimum atomic E-state index is -0.992. The highest BCUT2D eigenvalue weighted by Gasteiger charge is 2.12. The summed E-state index contributed by atoms with van der Waals surface area (Å²) in [5.41, 5.74) is 2.27. The van der Waals surface area contributed by atoms with Crippen molar-refractivity contribution < 1.29 is 14.7 Å². The van der Waals surface area contributed by atoms with Gasteiger partial charge >= 0.3 is 5.97 Å². The van der Waals surface area contributed by atoms with Crippen LogP contribution in [-0.2, 0) is 22.6 Å². The minimum Gasteiger partial charge on any atom is -0.481 e. The Morgan fingerprint density at radius 1 is 1.27 bits per heavy atom. The molecule has 0 bridgehead atoms. The SMILES string of the molecule is CC(C)c1ccc(NC(=O)Cn2nncc2CC(=O)O)cc1. The third kappa shape index (κ3) is 4.15. The van der Waals surface area contributed by atoms with Gasteiger partial charge in [0.05, 0.1) is 18.3 Å². The number of carboxylic acid groups (broad SMARTS) is 1. The Morgan fingerprint density at radius 3 is 2.55 bits per heavy atom. The van der Waals surface area contributed by atoms with Crippen molar-refractivity contribution in [2.45, 2.75) is 32.7 Å². The van der Waals surface area contributed by atoms with Gasteiger partial charge in [-0.2, -0.15) is 0 Å². The highest BCUT2D eigenvalue weighted by atomic mass is 16.4. The molecule has 22 heavy (non-hydrogen) atoms. The maximum Gasteiger partial charge on any atom is 0.309 e. The van der Waals surface area contributed by atoms with Crippen LogP contribution in [0, 0.1) is 0 Å². The van der Waals surface area contributed by atoms with Gasteiger partial charge in [0.2, 0.25) is 5.91 Å². The summed E-state index contributed by atoms with van der Waals surface area (Å²) in [4.78, 5) is 22.7. The molecule has 2 aromatic rings. The van der Waals surface area contributed by atoms with Gasteiger partial charge in [0.15, 0.2) is 0 Å². The van der Waals surface area contributed by atoms with Gasteiger partial charge in [-0.25, -0.2) is 4.68 Å². The molecule has 7 nitrogen and oxygen atoms in total. The van der Waals surface area contributed by atoms with Crippen LogP contribution in [0.4, 0.5) is 5.69 Å². The van der Waals surface area contributed by atoms with Crippen LogP contribution in [0.2, 0.25) is 0 Å². The summed E-state index contributed by atoms with van der Waals surface area (Å²) in [5.74, 6) is -0.846. The minimum absolute atomic E-state index is 0.0749. The van der Waals surface area contributed by atoms with Crippen LogP contribution in [0.15, 0.2) is 30.5 Å². The molecular formula is C15H18N4O3. The molecule has 0 saturated heterocycles. The Morgan fingerprint density at radius 2 is 1.95 bits per heavy atom. The predicted octanol–water partition coefficient (Wildman–Crippen LogP) is 1.67. The third-order valence-corrected chi connectivity index (χ3v) is 3.18. The summed E-state index contributed by atoms with van der Waals surface area (Å²) >= 11 is 0. The first-order chi connectivity index (χ1) is 10.5. The molecule has 0 unspecified atom stereocenters. The van der Waals surface area contributed by atoms with Crippen molar-refractivity contribution >= 4 is 17.6 Å². The van der Waals surface area contributed by atoms with Crippen molar-refractivity contribution in [2.75, 3.05) is 5.32 Å². The first-order valence-corrected chi connectivity index (χ1v) is 6.94. The summed E-state index contributed by atoms with van der Waals surface area (Å²) in [6, 6.07) is 7.61. The topological polar surface area (TPSA) is 97.1 Å². The number of amides is 1. The van der Waals surface area contributed by atoms with Crippen LogP contribution >= 0.6 is 0 Å².